The Bertz CT molecular complexity index is 281. The minimum absolute atomic E-state index is 0.281. The molecule has 0 aromatic heterocycles. The van der Waals surface area contributed by atoms with Crippen LogP contribution in [-0.2, 0) is 0 Å². The maximum absolute atomic E-state index is 5.93. The topological polar surface area (TPSA) is 156 Å². The summed E-state index contributed by atoms with van der Waals surface area (Å²) < 4.78 is 0. The first-order valence-corrected chi connectivity index (χ1v) is 10.4. The predicted molar refractivity (Wildman–Crippen MR) is 107 cm³/mol. The normalized spacial score (nSPS) is 38.6. The van der Waals surface area contributed by atoms with Gasteiger partial charge < -0.3 is 22.9 Å². The Morgan fingerprint density at radius 1 is 0.480 bits per heavy atom. The minimum Gasteiger partial charge on any atom is -0.328 e. The Hall–Kier alpha value is -0.240. The van der Waals surface area contributed by atoms with Gasteiger partial charge in [0, 0.05) is 24.2 Å². The van der Waals surface area contributed by atoms with Crippen molar-refractivity contribution in [2.75, 3.05) is 0 Å². The first-order chi connectivity index (χ1) is 12.0. The molecule has 0 heterocycles. The lowest BCUT2D eigenvalue weighted by Gasteiger charge is -2.32. The molecule has 3 aliphatic rings. The van der Waals surface area contributed by atoms with Gasteiger partial charge in [0.15, 0.2) is 0 Å². The van der Waals surface area contributed by atoms with Crippen LogP contribution in [-0.4, -0.2) is 24.2 Å². The summed E-state index contributed by atoms with van der Waals surface area (Å²) in [7, 11) is 0. The molecule has 0 bridgehead atoms. The fraction of sp³-hybridized carbons (Fsp3) is 1.00. The third kappa shape index (κ3) is 9.31. The van der Waals surface area contributed by atoms with Crippen LogP contribution < -0.4 is 34.6 Å². The second-order valence-electron chi connectivity index (χ2n) is 8.41. The van der Waals surface area contributed by atoms with E-state index in [9.17, 15) is 0 Å². The summed E-state index contributed by atoms with van der Waals surface area (Å²) in [6, 6.07) is 1.56. The smallest absolute Gasteiger partial charge is 0.0192 e. The molecule has 0 radical (unpaired) electrons. The zero-order valence-electron chi connectivity index (χ0n) is 16.1. The van der Waals surface area contributed by atoms with E-state index in [-0.39, 0.29) is 12.1 Å². The molecule has 3 aliphatic carbocycles. The van der Waals surface area contributed by atoms with E-state index in [1.54, 1.807) is 0 Å². The van der Waals surface area contributed by atoms with Gasteiger partial charge >= 0.3 is 0 Å². The molecule has 0 aromatic carbocycles. The van der Waals surface area contributed by atoms with Crippen LogP contribution in [0.4, 0.5) is 0 Å². The van der Waals surface area contributed by atoms with Gasteiger partial charge in [-0.1, -0.05) is 12.8 Å². The van der Waals surface area contributed by atoms with E-state index < -0.39 is 0 Å². The van der Waals surface area contributed by atoms with E-state index in [0.29, 0.717) is 12.1 Å². The Kier molecular flexibility index (Phi) is 11.9. The third-order valence-electron chi connectivity index (χ3n) is 6.32. The van der Waals surface area contributed by atoms with Gasteiger partial charge in [-0.2, -0.15) is 0 Å². The molecular formula is C19H44N6. The summed E-state index contributed by atoms with van der Waals surface area (Å²) in [6.45, 7) is 0. The number of nitrogens with two attached hydrogens (primary N) is 6. The second-order valence-corrected chi connectivity index (χ2v) is 8.41. The summed E-state index contributed by atoms with van der Waals surface area (Å²) in [4.78, 5) is 0. The van der Waals surface area contributed by atoms with E-state index in [1.165, 1.54) is 70.6 Å². The average molecular weight is 357 g/mol. The van der Waals surface area contributed by atoms with Crippen LogP contribution >= 0.6 is 0 Å². The van der Waals surface area contributed by atoms with Crippen LogP contribution in [0.25, 0.3) is 0 Å². The number of hydrogen-bond acceptors (Lipinski definition) is 6. The van der Waals surface area contributed by atoms with Crippen molar-refractivity contribution in [2.24, 2.45) is 46.5 Å². The first-order valence-electron chi connectivity index (χ1n) is 10.4. The molecule has 6 nitrogen and oxygen atoms in total. The highest BCUT2D eigenvalue weighted by atomic mass is 15.0. The molecule has 3 rings (SSSR count). The molecule has 2 atom stereocenters. The lowest BCUT2D eigenvalue weighted by Crippen LogP contribution is -2.43. The van der Waals surface area contributed by atoms with Crippen LogP contribution in [0.5, 0.6) is 0 Å². The highest BCUT2D eigenvalue weighted by Gasteiger charge is 2.24. The van der Waals surface area contributed by atoms with E-state index in [1.807, 2.05) is 0 Å². The van der Waals surface area contributed by atoms with Crippen molar-refractivity contribution in [3.05, 3.63) is 0 Å². The molecule has 0 spiro atoms. The predicted octanol–water partition coefficient (Wildman–Crippen LogP) is 1.45. The van der Waals surface area contributed by atoms with Gasteiger partial charge in [0.05, 0.1) is 0 Å². The molecule has 6 heteroatoms. The van der Waals surface area contributed by atoms with Gasteiger partial charge in [-0.15, -0.1) is 0 Å². The van der Waals surface area contributed by atoms with Crippen molar-refractivity contribution in [3.8, 4) is 0 Å². The average Bonchev–Trinajstić information content (AvgIpc) is 2.64. The van der Waals surface area contributed by atoms with Crippen LogP contribution in [0.15, 0.2) is 0 Å². The lowest BCUT2D eigenvalue weighted by molar-refractivity contribution is 0.225. The number of hydrazine groups is 1. The highest BCUT2D eigenvalue weighted by Crippen LogP contribution is 2.34. The molecule has 25 heavy (non-hydrogen) atoms. The zero-order chi connectivity index (χ0) is 18.7. The molecule has 0 amide bonds. The molecule has 0 saturated heterocycles. The van der Waals surface area contributed by atoms with E-state index in [4.69, 9.17) is 22.9 Å². The Balaban J connectivity index is 0.000000264. The van der Waals surface area contributed by atoms with Gasteiger partial charge in [-0.25, -0.2) is 0 Å². The minimum atomic E-state index is 0.281. The first kappa shape index (κ1) is 22.8. The molecular weight excluding hydrogens is 312 g/mol. The van der Waals surface area contributed by atoms with E-state index in [0.717, 1.165) is 24.7 Å². The maximum Gasteiger partial charge on any atom is 0.0192 e. The van der Waals surface area contributed by atoms with Crippen molar-refractivity contribution >= 4 is 0 Å². The maximum atomic E-state index is 5.93. The van der Waals surface area contributed by atoms with Crippen molar-refractivity contribution in [2.45, 2.75) is 108 Å². The lowest BCUT2D eigenvalue weighted by atomic mass is 9.76. The molecule has 3 fully saturated rings. The summed E-state index contributed by atoms with van der Waals surface area (Å²) in [5.74, 6) is 9.95. The van der Waals surface area contributed by atoms with Crippen molar-refractivity contribution in [1.82, 2.24) is 0 Å². The number of rotatable bonds is 2. The summed E-state index contributed by atoms with van der Waals surface area (Å²) >= 11 is 0. The Morgan fingerprint density at radius 2 is 0.800 bits per heavy atom. The van der Waals surface area contributed by atoms with E-state index in [2.05, 4.69) is 11.7 Å². The summed E-state index contributed by atoms with van der Waals surface area (Å²) in [6.07, 6.45) is 16.8. The van der Waals surface area contributed by atoms with Crippen LogP contribution in [0.2, 0.25) is 0 Å². The molecule has 0 aliphatic heterocycles. The van der Waals surface area contributed by atoms with Crippen LogP contribution in [0, 0.1) is 11.8 Å². The van der Waals surface area contributed by atoms with Crippen molar-refractivity contribution in [3.63, 3.8) is 0 Å². The molecule has 3 saturated carbocycles. The standard InChI is InChI=1S/C13H26N2.C6H14N2.H4N2/c14-12-5-1-10(2-6-12)9-11-3-7-13(15)8-4-11;7-5-3-1-2-4-6(5)8;1-2/h10-13H,1-9,14-15H2;5-6H,1-4,7-8H2;1-2H2. The van der Waals surface area contributed by atoms with Gasteiger partial charge in [0.1, 0.15) is 0 Å². The molecule has 150 valence electrons. The number of hydrogen-bond donors (Lipinski definition) is 6. The Labute approximate surface area is 154 Å². The monoisotopic (exact) mass is 356 g/mol. The molecule has 2 unspecified atom stereocenters. The zero-order valence-corrected chi connectivity index (χ0v) is 16.1. The van der Waals surface area contributed by atoms with Gasteiger partial charge in [-0.05, 0) is 82.5 Å². The summed E-state index contributed by atoms with van der Waals surface area (Å²) in [5.41, 5.74) is 23.2. The van der Waals surface area contributed by atoms with Crippen LogP contribution in [0.3, 0.4) is 0 Å². The van der Waals surface area contributed by atoms with Gasteiger partial charge in [-0.3, -0.25) is 11.7 Å². The fourth-order valence-corrected chi connectivity index (χ4v) is 4.51. The Morgan fingerprint density at radius 3 is 1.08 bits per heavy atom. The SMILES string of the molecule is NC1CCC(CC2CCC(N)CC2)CC1.NC1CCCCC1N.NN. The van der Waals surface area contributed by atoms with Crippen LogP contribution in [0.1, 0.15) is 83.5 Å². The fourth-order valence-electron chi connectivity index (χ4n) is 4.51. The van der Waals surface area contributed by atoms with Gasteiger partial charge in [0.25, 0.3) is 0 Å². The third-order valence-corrected chi connectivity index (χ3v) is 6.32. The largest absolute Gasteiger partial charge is 0.328 e. The van der Waals surface area contributed by atoms with Crippen molar-refractivity contribution in [1.29, 1.82) is 0 Å². The highest BCUT2D eigenvalue weighted by molar-refractivity contribution is 4.81. The summed E-state index contributed by atoms with van der Waals surface area (Å²) in [5, 5.41) is 0. The van der Waals surface area contributed by atoms with Crippen molar-refractivity contribution < 1.29 is 0 Å². The van der Waals surface area contributed by atoms with E-state index >= 15 is 0 Å². The molecule has 12 N–H and O–H groups in total. The van der Waals surface area contributed by atoms with Gasteiger partial charge in [0.2, 0.25) is 0 Å². The molecule has 0 aromatic rings. The quantitative estimate of drug-likeness (QED) is 0.325. The second kappa shape index (κ2) is 13.0.